The first-order valence-electron chi connectivity index (χ1n) is 3.83. The Morgan fingerprint density at radius 3 is 2.43 bits per heavy atom. The number of anilines is 1. The lowest BCUT2D eigenvalue weighted by Crippen LogP contribution is -2.36. The van der Waals surface area contributed by atoms with Gasteiger partial charge in [0.25, 0.3) is 0 Å². The Balaban J connectivity index is 2.76. The number of halogens is 2. The van der Waals surface area contributed by atoms with Crippen LogP contribution in [-0.2, 0) is 0 Å². The number of para-hydroxylation sites is 1. The monoisotopic (exact) mass is 232 g/mol. The number of rotatable bonds is 2. The molecule has 0 aliphatic heterocycles. The van der Waals surface area contributed by atoms with E-state index in [9.17, 15) is 0 Å². The summed E-state index contributed by atoms with van der Waals surface area (Å²) >= 11 is 11.8. The molecule has 0 radical (unpaired) electrons. The van der Waals surface area contributed by atoms with Crippen LogP contribution in [0.4, 0.5) is 5.69 Å². The van der Waals surface area contributed by atoms with Gasteiger partial charge in [0.15, 0.2) is 0 Å². The van der Waals surface area contributed by atoms with Crippen LogP contribution in [0.1, 0.15) is 0 Å². The molecule has 0 atom stereocenters. The highest BCUT2D eigenvalue weighted by atomic mass is 35.5. The summed E-state index contributed by atoms with van der Waals surface area (Å²) in [6, 6.07) is 5.20. The van der Waals surface area contributed by atoms with Crippen LogP contribution >= 0.6 is 23.2 Å². The lowest BCUT2D eigenvalue weighted by Gasteiger charge is -2.11. The van der Waals surface area contributed by atoms with E-state index in [-0.39, 0.29) is 5.96 Å². The van der Waals surface area contributed by atoms with Crippen molar-refractivity contribution in [2.75, 3.05) is 12.5 Å². The lowest BCUT2D eigenvalue weighted by atomic mass is 10.3. The third-order valence-electron chi connectivity index (χ3n) is 1.52. The van der Waals surface area contributed by atoms with E-state index >= 15 is 0 Å². The molecule has 14 heavy (non-hydrogen) atoms. The fraction of sp³-hybridized carbons (Fsp3) is 0.125. The molecule has 0 aliphatic rings. The Morgan fingerprint density at radius 1 is 1.36 bits per heavy atom. The molecule has 1 rings (SSSR count). The summed E-state index contributed by atoms with van der Waals surface area (Å²) in [5.41, 5.74) is 11.4. The van der Waals surface area contributed by atoms with Gasteiger partial charge in [0.05, 0.1) is 15.7 Å². The fourth-order valence-electron chi connectivity index (χ4n) is 0.800. The highest BCUT2D eigenvalue weighted by Gasteiger charge is 2.03. The van der Waals surface area contributed by atoms with Crippen LogP contribution in [0.25, 0.3) is 0 Å². The number of nitrogens with zero attached hydrogens (tertiary/aromatic N) is 1. The molecular formula is C8H10Cl2N4. The summed E-state index contributed by atoms with van der Waals surface area (Å²) in [4.78, 5) is 3.70. The molecule has 76 valence electrons. The van der Waals surface area contributed by atoms with E-state index in [4.69, 9.17) is 28.9 Å². The van der Waals surface area contributed by atoms with Crippen molar-refractivity contribution in [1.29, 1.82) is 0 Å². The third-order valence-corrected chi connectivity index (χ3v) is 2.15. The second-order valence-electron chi connectivity index (χ2n) is 2.46. The molecule has 1 aromatic carbocycles. The van der Waals surface area contributed by atoms with Crippen molar-refractivity contribution < 1.29 is 0 Å². The van der Waals surface area contributed by atoms with E-state index in [2.05, 4.69) is 15.8 Å². The highest BCUT2D eigenvalue weighted by Crippen LogP contribution is 2.28. The molecule has 0 spiro atoms. The van der Waals surface area contributed by atoms with E-state index < -0.39 is 0 Å². The summed E-state index contributed by atoms with van der Waals surface area (Å²) in [7, 11) is 1.57. The molecule has 6 heteroatoms. The standard InChI is InChI=1S/C8H10Cl2N4/c1-12-8(11)14-13-7-5(9)3-2-4-6(7)10/h2-4,13H,1H3,(H3,11,12,14). The molecule has 0 unspecified atom stereocenters. The van der Waals surface area contributed by atoms with Crippen LogP contribution in [0.15, 0.2) is 23.2 Å². The number of hydrogen-bond acceptors (Lipinski definition) is 2. The zero-order valence-electron chi connectivity index (χ0n) is 7.51. The second kappa shape index (κ2) is 4.93. The van der Waals surface area contributed by atoms with Gasteiger partial charge >= 0.3 is 0 Å². The molecule has 0 aliphatic carbocycles. The van der Waals surface area contributed by atoms with Crippen molar-refractivity contribution in [3.63, 3.8) is 0 Å². The molecule has 0 saturated carbocycles. The number of benzene rings is 1. The summed E-state index contributed by atoms with van der Waals surface area (Å²) in [6.07, 6.45) is 0. The maximum Gasteiger partial charge on any atom is 0.207 e. The van der Waals surface area contributed by atoms with Gasteiger partial charge in [-0.1, -0.05) is 29.3 Å². The molecular weight excluding hydrogens is 223 g/mol. The minimum Gasteiger partial charge on any atom is -0.369 e. The molecule has 0 amide bonds. The van der Waals surface area contributed by atoms with Crippen LogP contribution < -0.4 is 16.6 Å². The molecule has 0 heterocycles. The highest BCUT2D eigenvalue weighted by molar-refractivity contribution is 6.39. The van der Waals surface area contributed by atoms with Crippen LogP contribution in [0.2, 0.25) is 10.0 Å². The predicted octanol–water partition coefficient (Wildman–Crippen LogP) is 1.85. The summed E-state index contributed by atoms with van der Waals surface area (Å²) in [5, 5.41) is 1.02. The van der Waals surface area contributed by atoms with Crippen molar-refractivity contribution in [3.8, 4) is 0 Å². The van der Waals surface area contributed by atoms with Gasteiger partial charge in [-0.15, -0.1) is 0 Å². The number of hydrogen-bond donors (Lipinski definition) is 3. The molecule has 4 N–H and O–H groups in total. The van der Waals surface area contributed by atoms with Crippen molar-refractivity contribution in [2.45, 2.75) is 0 Å². The van der Waals surface area contributed by atoms with Gasteiger partial charge in [0.1, 0.15) is 0 Å². The Kier molecular flexibility index (Phi) is 3.85. The third kappa shape index (κ3) is 2.68. The lowest BCUT2D eigenvalue weighted by molar-refractivity contribution is 1.08. The van der Waals surface area contributed by atoms with Crippen molar-refractivity contribution in [2.24, 2.45) is 10.7 Å². The quantitative estimate of drug-likeness (QED) is 0.415. The number of hydrazine groups is 1. The van der Waals surface area contributed by atoms with Crippen molar-refractivity contribution >= 4 is 34.8 Å². The average molecular weight is 233 g/mol. The Labute approximate surface area is 92.1 Å². The molecule has 0 saturated heterocycles. The predicted molar refractivity (Wildman–Crippen MR) is 60.8 cm³/mol. The van der Waals surface area contributed by atoms with Crippen LogP contribution in [0.5, 0.6) is 0 Å². The van der Waals surface area contributed by atoms with Crippen molar-refractivity contribution in [1.82, 2.24) is 5.43 Å². The van der Waals surface area contributed by atoms with E-state index in [0.717, 1.165) is 0 Å². The Bertz CT molecular complexity index is 331. The minimum absolute atomic E-state index is 0.251. The maximum absolute atomic E-state index is 5.89. The first kappa shape index (κ1) is 10.9. The Morgan fingerprint density at radius 2 is 1.93 bits per heavy atom. The van der Waals surface area contributed by atoms with E-state index in [0.29, 0.717) is 15.7 Å². The van der Waals surface area contributed by atoms with E-state index in [1.54, 1.807) is 25.2 Å². The second-order valence-corrected chi connectivity index (χ2v) is 3.27. The van der Waals surface area contributed by atoms with Gasteiger partial charge in [0.2, 0.25) is 5.96 Å². The summed E-state index contributed by atoms with van der Waals surface area (Å²) in [6.45, 7) is 0. The average Bonchev–Trinajstić information content (AvgIpc) is 2.16. The van der Waals surface area contributed by atoms with Crippen molar-refractivity contribution in [3.05, 3.63) is 28.2 Å². The van der Waals surface area contributed by atoms with Gasteiger partial charge in [-0.25, -0.2) is 0 Å². The number of nitrogens with two attached hydrogens (primary N) is 1. The van der Waals surface area contributed by atoms with Gasteiger partial charge in [-0.3, -0.25) is 15.8 Å². The minimum atomic E-state index is 0.251. The largest absolute Gasteiger partial charge is 0.369 e. The van der Waals surface area contributed by atoms with Crippen LogP contribution in [-0.4, -0.2) is 13.0 Å². The molecule has 4 nitrogen and oxygen atoms in total. The zero-order chi connectivity index (χ0) is 10.6. The van der Waals surface area contributed by atoms with Gasteiger partial charge in [0, 0.05) is 7.05 Å². The van der Waals surface area contributed by atoms with Gasteiger partial charge in [-0.05, 0) is 12.1 Å². The first-order chi connectivity index (χ1) is 6.65. The van der Waals surface area contributed by atoms with E-state index in [1.165, 1.54) is 0 Å². The maximum atomic E-state index is 5.89. The smallest absolute Gasteiger partial charge is 0.207 e. The zero-order valence-corrected chi connectivity index (χ0v) is 9.02. The fourth-order valence-corrected chi connectivity index (χ4v) is 1.29. The summed E-state index contributed by atoms with van der Waals surface area (Å²) < 4.78 is 0. The topological polar surface area (TPSA) is 62.4 Å². The number of aliphatic imine (C=N–C) groups is 1. The van der Waals surface area contributed by atoms with E-state index in [1.807, 2.05) is 0 Å². The molecule has 1 aromatic rings. The SMILES string of the molecule is CN=C(N)NNc1c(Cl)cccc1Cl. The van der Waals surface area contributed by atoms with Crippen LogP contribution in [0.3, 0.4) is 0 Å². The molecule has 0 aromatic heterocycles. The number of nitrogens with one attached hydrogen (secondary N) is 2. The number of guanidine groups is 1. The first-order valence-corrected chi connectivity index (χ1v) is 4.59. The molecule has 0 bridgehead atoms. The normalized spacial score (nSPS) is 11.2. The summed E-state index contributed by atoms with van der Waals surface area (Å²) in [5.74, 6) is 0.251. The van der Waals surface area contributed by atoms with Crippen LogP contribution in [0, 0.1) is 0 Å². The van der Waals surface area contributed by atoms with Gasteiger partial charge < -0.3 is 5.73 Å². The Hall–Kier alpha value is -1.13. The molecule has 0 fully saturated rings. The van der Waals surface area contributed by atoms with Gasteiger partial charge in [-0.2, -0.15) is 0 Å².